The highest BCUT2D eigenvalue weighted by Crippen LogP contribution is 2.35. The summed E-state index contributed by atoms with van der Waals surface area (Å²) >= 11 is 0. The Hall–Kier alpha value is -3.48. The molecule has 2 heterocycles. The highest BCUT2D eigenvalue weighted by molar-refractivity contribution is 6.23. The average Bonchev–Trinajstić information content (AvgIpc) is 2.96. The van der Waals surface area contributed by atoms with E-state index < -0.39 is 29.4 Å². The lowest BCUT2D eigenvalue weighted by Crippen LogP contribution is -2.48. The van der Waals surface area contributed by atoms with Gasteiger partial charge >= 0.3 is 0 Å². The Morgan fingerprint density at radius 2 is 1.66 bits per heavy atom. The lowest BCUT2D eigenvalue weighted by Gasteiger charge is -2.32. The Morgan fingerprint density at radius 1 is 1.03 bits per heavy atom. The number of nitrogens with zero attached hydrogens (tertiary/aromatic N) is 1. The van der Waals surface area contributed by atoms with Crippen molar-refractivity contribution in [2.24, 2.45) is 5.92 Å². The van der Waals surface area contributed by atoms with Gasteiger partial charge in [-0.3, -0.25) is 24.1 Å². The fourth-order valence-electron chi connectivity index (χ4n) is 4.22. The maximum absolute atomic E-state index is 13.3. The Labute approximate surface area is 186 Å². The van der Waals surface area contributed by atoms with Crippen LogP contribution in [0.4, 0.5) is 5.69 Å². The van der Waals surface area contributed by atoms with E-state index in [0.29, 0.717) is 34.5 Å². The summed E-state index contributed by atoms with van der Waals surface area (Å²) in [6.07, 6.45) is 0.556. The molecule has 1 N–H and O–H groups in total. The first kappa shape index (κ1) is 21.7. The topological polar surface area (TPSA) is 92.8 Å². The molecule has 0 bridgehead atoms. The van der Waals surface area contributed by atoms with Gasteiger partial charge in [0.25, 0.3) is 11.8 Å². The average molecular weight is 434 g/mol. The minimum atomic E-state index is -0.968. The monoisotopic (exact) mass is 434 g/mol. The molecule has 7 heteroatoms. The van der Waals surface area contributed by atoms with E-state index in [4.69, 9.17) is 4.74 Å². The van der Waals surface area contributed by atoms with Crippen molar-refractivity contribution < 1.29 is 23.9 Å². The van der Waals surface area contributed by atoms with E-state index in [2.05, 4.69) is 5.32 Å². The summed E-state index contributed by atoms with van der Waals surface area (Å²) in [4.78, 5) is 52.7. The van der Waals surface area contributed by atoms with Crippen molar-refractivity contribution in [3.8, 4) is 5.75 Å². The van der Waals surface area contributed by atoms with Gasteiger partial charge in [0.1, 0.15) is 17.4 Å². The SMILES string of the molecule is CC(C)CC(C(=O)Nc1ccc2c(c1)C(=O)CC(C)(C)O2)N1C(=O)c2ccccc2C1=O. The molecule has 0 aromatic heterocycles. The minimum absolute atomic E-state index is 0.0635. The molecular weight excluding hydrogens is 408 g/mol. The summed E-state index contributed by atoms with van der Waals surface area (Å²) in [6.45, 7) is 7.55. The molecule has 7 nitrogen and oxygen atoms in total. The number of fused-ring (bicyclic) bond motifs is 2. The molecule has 0 aliphatic carbocycles. The molecule has 166 valence electrons. The lowest BCUT2D eigenvalue weighted by atomic mass is 9.93. The number of benzene rings is 2. The summed E-state index contributed by atoms with van der Waals surface area (Å²) in [7, 11) is 0. The molecule has 2 aromatic carbocycles. The smallest absolute Gasteiger partial charge is 0.262 e. The van der Waals surface area contributed by atoms with Crippen LogP contribution in [0.15, 0.2) is 42.5 Å². The molecule has 0 fully saturated rings. The largest absolute Gasteiger partial charge is 0.487 e. The summed E-state index contributed by atoms with van der Waals surface area (Å²) in [5.41, 5.74) is 0.846. The molecule has 2 aliphatic heterocycles. The number of anilines is 1. The Bertz CT molecular complexity index is 1100. The normalized spacial score (nSPS) is 17.7. The second-order valence-corrected chi connectivity index (χ2v) is 9.33. The maximum Gasteiger partial charge on any atom is 0.262 e. The summed E-state index contributed by atoms with van der Waals surface area (Å²) in [6, 6.07) is 10.5. The van der Waals surface area contributed by atoms with Gasteiger partial charge in [-0.15, -0.1) is 0 Å². The van der Waals surface area contributed by atoms with Gasteiger partial charge in [-0.1, -0.05) is 26.0 Å². The summed E-state index contributed by atoms with van der Waals surface area (Å²) in [5, 5.41) is 2.79. The van der Waals surface area contributed by atoms with Crippen molar-refractivity contribution in [1.29, 1.82) is 0 Å². The number of nitrogens with one attached hydrogen (secondary N) is 1. The van der Waals surface area contributed by atoms with Crippen LogP contribution in [0.3, 0.4) is 0 Å². The van der Waals surface area contributed by atoms with Crippen LogP contribution < -0.4 is 10.1 Å². The highest BCUT2D eigenvalue weighted by Gasteiger charge is 2.43. The molecule has 32 heavy (non-hydrogen) atoms. The van der Waals surface area contributed by atoms with E-state index >= 15 is 0 Å². The molecular formula is C25H26N2O5. The number of amides is 3. The second kappa shape index (κ2) is 7.89. The number of hydrogen-bond acceptors (Lipinski definition) is 5. The van der Waals surface area contributed by atoms with E-state index in [1.165, 1.54) is 0 Å². The molecule has 0 saturated heterocycles. The first-order chi connectivity index (χ1) is 15.1. The molecule has 2 aromatic rings. The minimum Gasteiger partial charge on any atom is -0.487 e. The standard InChI is InChI=1S/C25H26N2O5/c1-14(2)11-19(27-23(30)16-7-5-6-8-17(16)24(27)31)22(29)26-15-9-10-21-18(12-15)20(28)13-25(3,4)32-21/h5-10,12,14,19H,11,13H2,1-4H3,(H,26,29). The first-order valence-electron chi connectivity index (χ1n) is 10.7. The number of hydrogen-bond donors (Lipinski definition) is 1. The van der Waals surface area contributed by atoms with Crippen molar-refractivity contribution in [3.63, 3.8) is 0 Å². The fraction of sp³-hybridized carbons (Fsp3) is 0.360. The van der Waals surface area contributed by atoms with Gasteiger partial charge in [0.2, 0.25) is 5.91 Å². The zero-order chi connectivity index (χ0) is 23.2. The Balaban J connectivity index is 1.61. The molecule has 0 radical (unpaired) electrons. The number of ketones is 1. The van der Waals surface area contributed by atoms with Crippen LogP contribution in [-0.4, -0.2) is 40.0 Å². The van der Waals surface area contributed by atoms with Crippen LogP contribution in [0.2, 0.25) is 0 Å². The molecule has 3 amide bonds. The third-order valence-corrected chi connectivity index (χ3v) is 5.65. The van der Waals surface area contributed by atoms with Gasteiger partial charge in [-0.25, -0.2) is 0 Å². The quantitative estimate of drug-likeness (QED) is 0.716. The highest BCUT2D eigenvalue weighted by atomic mass is 16.5. The van der Waals surface area contributed by atoms with E-state index in [1.54, 1.807) is 42.5 Å². The van der Waals surface area contributed by atoms with E-state index in [-0.39, 0.29) is 18.1 Å². The van der Waals surface area contributed by atoms with E-state index in [9.17, 15) is 19.2 Å². The van der Waals surface area contributed by atoms with Gasteiger partial charge < -0.3 is 10.1 Å². The number of carbonyl (C=O) groups excluding carboxylic acids is 4. The number of rotatable bonds is 5. The third kappa shape index (κ3) is 3.90. The van der Waals surface area contributed by atoms with Gasteiger partial charge in [0.05, 0.1) is 23.1 Å². The van der Waals surface area contributed by atoms with Crippen molar-refractivity contribution >= 4 is 29.2 Å². The molecule has 0 saturated carbocycles. The van der Waals surface area contributed by atoms with E-state index in [1.807, 2.05) is 27.7 Å². The fourth-order valence-corrected chi connectivity index (χ4v) is 4.22. The summed E-state index contributed by atoms with van der Waals surface area (Å²) < 4.78 is 5.86. The predicted octanol–water partition coefficient (Wildman–Crippen LogP) is 4.08. The molecule has 2 aliphatic rings. The molecule has 4 rings (SSSR count). The number of Topliss-reactive ketones (excluding diaryl/α,β-unsaturated/α-hetero) is 1. The van der Waals surface area contributed by atoms with Crippen molar-refractivity contribution in [2.45, 2.75) is 52.2 Å². The van der Waals surface area contributed by atoms with Crippen molar-refractivity contribution in [2.75, 3.05) is 5.32 Å². The van der Waals surface area contributed by atoms with Crippen molar-refractivity contribution in [1.82, 2.24) is 4.90 Å². The first-order valence-corrected chi connectivity index (χ1v) is 10.7. The molecule has 0 spiro atoms. The maximum atomic E-state index is 13.3. The Kier molecular flexibility index (Phi) is 5.36. The zero-order valence-corrected chi connectivity index (χ0v) is 18.6. The van der Waals surface area contributed by atoms with Crippen LogP contribution in [0, 0.1) is 5.92 Å². The third-order valence-electron chi connectivity index (χ3n) is 5.65. The van der Waals surface area contributed by atoms with Crippen LogP contribution in [0.25, 0.3) is 0 Å². The number of imide groups is 1. The number of ether oxygens (including phenoxy) is 1. The van der Waals surface area contributed by atoms with Crippen LogP contribution >= 0.6 is 0 Å². The van der Waals surface area contributed by atoms with Gasteiger partial charge in [-0.2, -0.15) is 0 Å². The van der Waals surface area contributed by atoms with Crippen LogP contribution in [0.5, 0.6) is 5.75 Å². The molecule has 1 atom stereocenters. The molecule has 1 unspecified atom stereocenters. The predicted molar refractivity (Wildman–Crippen MR) is 119 cm³/mol. The van der Waals surface area contributed by atoms with Crippen LogP contribution in [-0.2, 0) is 4.79 Å². The summed E-state index contributed by atoms with van der Waals surface area (Å²) in [5.74, 6) is -0.937. The van der Waals surface area contributed by atoms with Crippen LogP contribution in [0.1, 0.15) is 71.6 Å². The second-order valence-electron chi connectivity index (χ2n) is 9.33. The Morgan fingerprint density at radius 3 is 2.25 bits per heavy atom. The van der Waals surface area contributed by atoms with Crippen molar-refractivity contribution in [3.05, 3.63) is 59.2 Å². The van der Waals surface area contributed by atoms with E-state index in [0.717, 1.165) is 4.90 Å². The van der Waals surface area contributed by atoms with Gasteiger partial charge in [0, 0.05) is 5.69 Å². The number of carbonyl (C=O) groups is 4. The van der Waals surface area contributed by atoms with Gasteiger partial charge in [-0.05, 0) is 56.5 Å². The zero-order valence-electron chi connectivity index (χ0n) is 18.6. The van der Waals surface area contributed by atoms with Gasteiger partial charge in [0.15, 0.2) is 5.78 Å². The lowest BCUT2D eigenvalue weighted by molar-refractivity contribution is -0.120.